The first-order valence-electron chi connectivity index (χ1n) is 5.83. The van der Waals surface area contributed by atoms with Crippen molar-refractivity contribution in [3.8, 4) is 0 Å². The number of carbonyl (C=O) groups excluding carboxylic acids is 1. The molecule has 0 saturated carbocycles. The van der Waals surface area contributed by atoms with Crippen molar-refractivity contribution in [2.75, 3.05) is 10.6 Å². The van der Waals surface area contributed by atoms with E-state index in [1.54, 1.807) is 30.3 Å². The van der Waals surface area contributed by atoms with Crippen LogP contribution in [0, 0.1) is 0 Å². The maximum Gasteiger partial charge on any atom is 0.337 e. The van der Waals surface area contributed by atoms with E-state index in [-0.39, 0.29) is 11.3 Å². The molecule has 0 aliphatic heterocycles. The van der Waals surface area contributed by atoms with Gasteiger partial charge in [0, 0.05) is 4.47 Å². The van der Waals surface area contributed by atoms with Crippen LogP contribution in [0.2, 0.25) is 5.02 Å². The number of rotatable bonds is 3. The number of aromatic carboxylic acids is 1. The maximum absolute atomic E-state index is 11.9. The third-order valence-corrected chi connectivity index (χ3v) is 3.41. The summed E-state index contributed by atoms with van der Waals surface area (Å²) in [6, 6.07) is 10.7. The Morgan fingerprint density at radius 3 is 2.38 bits per heavy atom. The van der Waals surface area contributed by atoms with E-state index in [1.165, 1.54) is 12.1 Å². The van der Waals surface area contributed by atoms with Gasteiger partial charge < -0.3 is 15.7 Å². The van der Waals surface area contributed by atoms with Gasteiger partial charge in [-0.2, -0.15) is 0 Å². The lowest BCUT2D eigenvalue weighted by atomic mass is 10.2. The summed E-state index contributed by atoms with van der Waals surface area (Å²) in [6.07, 6.45) is 0. The summed E-state index contributed by atoms with van der Waals surface area (Å²) in [5, 5.41) is 14.5. The highest BCUT2D eigenvalue weighted by Gasteiger charge is 2.13. The summed E-state index contributed by atoms with van der Waals surface area (Å²) >= 11 is 9.16. The van der Waals surface area contributed by atoms with Crippen LogP contribution in [-0.4, -0.2) is 17.1 Å². The van der Waals surface area contributed by atoms with Crippen LogP contribution in [0.25, 0.3) is 0 Å². The van der Waals surface area contributed by atoms with Gasteiger partial charge in [0.1, 0.15) is 0 Å². The Labute approximate surface area is 134 Å². The van der Waals surface area contributed by atoms with Crippen LogP contribution in [0.3, 0.4) is 0 Å². The first kappa shape index (κ1) is 15.3. The van der Waals surface area contributed by atoms with Gasteiger partial charge in [-0.3, -0.25) is 0 Å². The molecule has 0 radical (unpaired) electrons. The van der Waals surface area contributed by atoms with Crippen molar-refractivity contribution in [2.24, 2.45) is 0 Å². The lowest BCUT2D eigenvalue weighted by Gasteiger charge is -2.11. The van der Waals surface area contributed by atoms with Crippen LogP contribution >= 0.6 is 27.5 Å². The van der Waals surface area contributed by atoms with Gasteiger partial charge in [-0.1, -0.05) is 39.7 Å². The molecule has 0 aliphatic carbocycles. The second kappa shape index (κ2) is 6.60. The van der Waals surface area contributed by atoms with E-state index in [0.29, 0.717) is 15.2 Å². The van der Waals surface area contributed by atoms with Gasteiger partial charge in [-0.15, -0.1) is 0 Å². The standard InChI is InChI=1S/C14H10BrClN2O3/c15-8-5-6-9(13(19)20)12(7-8)18-14(21)17-11-4-2-1-3-10(11)16/h1-7H,(H,19,20)(H2,17,18,21). The number of hydrogen-bond acceptors (Lipinski definition) is 2. The van der Waals surface area contributed by atoms with Crippen LogP contribution in [0.4, 0.5) is 16.2 Å². The smallest absolute Gasteiger partial charge is 0.337 e. The molecular formula is C14H10BrClN2O3. The van der Waals surface area contributed by atoms with Gasteiger partial charge >= 0.3 is 12.0 Å². The zero-order valence-corrected chi connectivity index (χ0v) is 12.9. The molecule has 0 fully saturated rings. The van der Waals surface area contributed by atoms with Gasteiger partial charge in [0.15, 0.2) is 0 Å². The van der Waals surface area contributed by atoms with Crippen molar-refractivity contribution in [1.29, 1.82) is 0 Å². The number of carbonyl (C=O) groups is 2. The largest absolute Gasteiger partial charge is 0.478 e. The number of amides is 2. The molecule has 0 bridgehead atoms. The Balaban J connectivity index is 2.18. The molecule has 2 aromatic rings. The van der Waals surface area contributed by atoms with Crippen molar-refractivity contribution < 1.29 is 14.7 Å². The molecule has 2 rings (SSSR count). The number of benzene rings is 2. The number of urea groups is 1. The molecule has 0 saturated heterocycles. The van der Waals surface area contributed by atoms with Gasteiger partial charge in [0.05, 0.1) is 22.0 Å². The molecule has 7 heteroatoms. The normalized spacial score (nSPS) is 10.0. The van der Waals surface area contributed by atoms with Crippen molar-refractivity contribution in [3.05, 3.63) is 57.5 Å². The quantitative estimate of drug-likeness (QED) is 0.748. The summed E-state index contributed by atoms with van der Waals surface area (Å²) < 4.78 is 0.653. The summed E-state index contributed by atoms with van der Waals surface area (Å²) in [6.45, 7) is 0. The second-order valence-corrected chi connectivity index (χ2v) is 5.38. The summed E-state index contributed by atoms with van der Waals surface area (Å²) in [5.74, 6) is -1.13. The minimum absolute atomic E-state index is 0.00694. The third kappa shape index (κ3) is 3.96. The SMILES string of the molecule is O=C(Nc1ccccc1Cl)Nc1cc(Br)ccc1C(=O)O. The Hall–Kier alpha value is -2.05. The van der Waals surface area contributed by atoms with Crippen molar-refractivity contribution in [3.63, 3.8) is 0 Å². The highest BCUT2D eigenvalue weighted by Crippen LogP contribution is 2.23. The fourth-order valence-corrected chi connectivity index (χ4v) is 2.19. The lowest BCUT2D eigenvalue weighted by Crippen LogP contribution is -2.21. The van der Waals surface area contributed by atoms with E-state index in [1.807, 2.05) is 0 Å². The molecule has 2 aromatic carbocycles. The Morgan fingerprint density at radius 2 is 1.71 bits per heavy atom. The molecule has 0 heterocycles. The number of halogens is 2. The molecule has 5 nitrogen and oxygen atoms in total. The third-order valence-electron chi connectivity index (χ3n) is 2.58. The van der Waals surface area contributed by atoms with E-state index in [9.17, 15) is 9.59 Å². The number of anilines is 2. The van der Waals surface area contributed by atoms with Crippen molar-refractivity contribution >= 4 is 50.9 Å². The lowest BCUT2D eigenvalue weighted by molar-refractivity contribution is 0.0698. The van der Waals surface area contributed by atoms with E-state index in [4.69, 9.17) is 16.7 Å². The molecule has 108 valence electrons. The minimum atomic E-state index is -1.13. The van der Waals surface area contributed by atoms with Crippen LogP contribution in [0.5, 0.6) is 0 Å². The molecule has 21 heavy (non-hydrogen) atoms. The first-order chi connectivity index (χ1) is 9.97. The average Bonchev–Trinajstić information content (AvgIpc) is 2.41. The first-order valence-corrected chi connectivity index (χ1v) is 7.00. The molecule has 0 unspecified atom stereocenters. The van der Waals surface area contributed by atoms with Crippen LogP contribution in [0.1, 0.15) is 10.4 Å². The number of para-hydroxylation sites is 1. The number of nitrogens with one attached hydrogen (secondary N) is 2. The highest BCUT2D eigenvalue weighted by atomic mass is 79.9. The molecule has 0 atom stereocenters. The Kier molecular flexibility index (Phi) is 4.82. The van der Waals surface area contributed by atoms with Crippen LogP contribution in [-0.2, 0) is 0 Å². The maximum atomic E-state index is 11.9. The molecular weight excluding hydrogens is 360 g/mol. The van der Waals surface area contributed by atoms with E-state index in [0.717, 1.165) is 0 Å². The monoisotopic (exact) mass is 368 g/mol. The van der Waals surface area contributed by atoms with Crippen molar-refractivity contribution in [2.45, 2.75) is 0 Å². The number of hydrogen-bond donors (Lipinski definition) is 3. The second-order valence-electron chi connectivity index (χ2n) is 4.05. The van der Waals surface area contributed by atoms with Crippen LogP contribution in [0.15, 0.2) is 46.9 Å². The fourth-order valence-electron chi connectivity index (χ4n) is 1.64. The highest BCUT2D eigenvalue weighted by molar-refractivity contribution is 9.10. The summed E-state index contributed by atoms with van der Waals surface area (Å²) in [4.78, 5) is 23.0. The van der Waals surface area contributed by atoms with Gasteiger partial charge in [0.2, 0.25) is 0 Å². The van der Waals surface area contributed by atoms with E-state index in [2.05, 4.69) is 26.6 Å². The molecule has 2 amide bonds. The summed E-state index contributed by atoms with van der Waals surface area (Å²) in [7, 11) is 0. The Bertz CT molecular complexity index is 706. The number of carboxylic acid groups (broad SMARTS) is 1. The van der Waals surface area contributed by atoms with E-state index < -0.39 is 12.0 Å². The average molecular weight is 370 g/mol. The zero-order chi connectivity index (χ0) is 15.4. The summed E-state index contributed by atoms with van der Waals surface area (Å²) in [5.41, 5.74) is 0.609. The molecule has 3 N–H and O–H groups in total. The predicted octanol–water partition coefficient (Wildman–Crippen LogP) is 4.44. The molecule has 0 aromatic heterocycles. The van der Waals surface area contributed by atoms with Gasteiger partial charge in [-0.05, 0) is 30.3 Å². The zero-order valence-electron chi connectivity index (χ0n) is 10.6. The number of carboxylic acids is 1. The van der Waals surface area contributed by atoms with E-state index >= 15 is 0 Å². The fraction of sp³-hybridized carbons (Fsp3) is 0. The molecule has 0 aliphatic rings. The minimum Gasteiger partial charge on any atom is -0.478 e. The van der Waals surface area contributed by atoms with Gasteiger partial charge in [-0.25, -0.2) is 9.59 Å². The predicted molar refractivity (Wildman–Crippen MR) is 85.2 cm³/mol. The van der Waals surface area contributed by atoms with Gasteiger partial charge in [0.25, 0.3) is 0 Å². The Morgan fingerprint density at radius 1 is 1.05 bits per heavy atom. The van der Waals surface area contributed by atoms with Crippen molar-refractivity contribution in [1.82, 2.24) is 0 Å². The molecule has 0 spiro atoms. The van der Waals surface area contributed by atoms with Crippen LogP contribution < -0.4 is 10.6 Å². The topological polar surface area (TPSA) is 78.4 Å².